The van der Waals surface area contributed by atoms with Gasteiger partial charge >= 0.3 is 0 Å². The van der Waals surface area contributed by atoms with Crippen LogP contribution in [-0.2, 0) is 6.54 Å². The summed E-state index contributed by atoms with van der Waals surface area (Å²) in [7, 11) is 2.00. The first kappa shape index (κ1) is 14.2. The van der Waals surface area contributed by atoms with Crippen molar-refractivity contribution in [1.82, 2.24) is 10.3 Å². The van der Waals surface area contributed by atoms with Crippen molar-refractivity contribution in [3.05, 3.63) is 38.3 Å². The zero-order valence-corrected chi connectivity index (χ0v) is 14.5. The van der Waals surface area contributed by atoms with Crippen LogP contribution in [0.1, 0.15) is 40.5 Å². The van der Waals surface area contributed by atoms with Gasteiger partial charge in [-0.3, -0.25) is 0 Å². The van der Waals surface area contributed by atoms with Gasteiger partial charge in [0.25, 0.3) is 0 Å². The zero-order valence-electron chi connectivity index (χ0n) is 12.1. The first-order valence-electron chi connectivity index (χ1n) is 7.01. The molecule has 20 heavy (non-hydrogen) atoms. The summed E-state index contributed by atoms with van der Waals surface area (Å²) in [6, 6.07) is 4.46. The molecule has 0 spiro atoms. The van der Waals surface area contributed by atoms with Crippen molar-refractivity contribution in [3.8, 4) is 10.6 Å². The first-order valence-corrected chi connectivity index (χ1v) is 8.62. The maximum atomic E-state index is 4.94. The predicted octanol–water partition coefficient (Wildman–Crippen LogP) is 4.79. The number of hydrogen-bond donors (Lipinski definition) is 1. The van der Waals surface area contributed by atoms with Gasteiger partial charge < -0.3 is 5.32 Å². The molecule has 2 aromatic rings. The second-order valence-corrected chi connectivity index (χ2v) is 7.43. The fraction of sp³-hybridized carbons (Fsp3) is 0.438. The molecule has 1 heterocycles. The third kappa shape index (κ3) is 2.69. The van der Waals surface area contributed by atoms with Crippen LogP contribution < -0.4 is 5.32 Å². The lowest BCUT2D eigenvalue weighted by Gasteiger charge is -2.05. The van der Waals surface area contributed by atoms with E-state index in [0.29, 0.717) is 5.92 Å². The molecule has 0 radical (unpaired) electrons. The topological polar surface area (TPSA) is 24.9 Å². The van der Waals surface area contributed by atoms with Crippen LogP contribution in [0.3, 0.4) is 0 Å². The zero-order chi connectivity index (χ0) is 14.3. The van der Waals surface area contributed by atoms with Crippen LogP contribution in [0, 0.1) is 13.8 Å². The van der Waals surface area contributed by atoms with Crippen molar-refractivity contribution < 1.29 is 0 Å². The van der Waals surface area contributed by atoms with Gasteiger partial charge in [0.05, 0.1) is 5.69 Å². The number of aromatic nitrogens is 1. The Bertz CT molecular complexity index is 621. The number of nitrogens with one attached hydrogen (secondary N) is 1. The lowest BCUT2D eigenvalue weighted by Crippen LogP contribution is -2.05. The summed E-state index contributed by atoms with van der Waals surface area (Å²) in [4.78, 5) is 6.34. The van der Waals surface area contributed by atoms with Gasteiger partial charge in [0.1, 0.15) is 5.01 Å². The summed E-state index contributed by atoms with van der Waals surface area (Å²) in [6.45, 7) is 5.22. The lowest BCUT2D eigenvalue weighted by molar-refractivity contribution is 0.813. The minimum Gasteiger partial charge on any atom is -0.315 e. The van der Waals surface area contributed by atoms with Crippen molar-refractivity contribution in [2.45, 2.75) is 39.2 Å². The molecule has 1 aliphatic carbocycles. The van der Waals surface area contributed by atoms with E-state index < -0.39 is 0 Å². The molecule has 0 unspecified atom stereocenters. The Morgan fingerprint density at radius 3 is 2.50 bits per heavy atom. The molecule has 1 aromatic carbocycles. The fourth-order valence-electron chi connectivity index (χ4n) is 2.52. The Labute approximate surface area is 132 Å². The summed E-state index contributed by atoms with van der Waals surface area (Å²) >= 11 is 5.48. The molecule has 1 fully saturated rings. The Hall–Kier alpha value is -0.710. The fourth-order valence-corrected chi connectivity index (χ4v) is 3.89. The van der Waals surface area contributed by atoms with E-state index >= 15 is 0 Å². The van der Waals surface area contributed by atoms with E-state index in [4.69, 9.17) is 4.98 Å². The highest BCUT2D eigenvalue weighted by molar-refractivity contribution is 9.10. The highest BCUT2D eigenvalue weighted by Crippen LogP contribution is 2.44. The maximum Gasteiger partial charge on any atom is 0.123 e. The number of aryl methyl sites for hydroxylation is 2. The van der Waals surface area contributed by atoms with Crippen molar-refractivity contribution in [2.75, 3.05) is 7.05 Å². The third-order valence-corrected chi connectivity index (χ3v) is 6.08. The van der Waals surface area contributed by atoms with Crippen molar-refractivity contribution >= 4 is 27.3 Å². The van der Waals surface area contributed by atoms with Gasteiger partial charge in [0, 0.05) is 27.4 Å². The van der Waals surface area contributed by atoms with E-state index in [1.54, 1.807) is 0 Å². The van der Waals surface area contributed by atoms with Gasteiger partial charge in [-0.15, -0.1) is 11.3 Å². The Kier molecular flexibility index (Phi) is 3.98. The molecule has 1 N–H and O–H groups in total. The van der Waals surface area contributed by atoms with Crippen LogP contribution in [0.2, 0.25) is 0 Å². The van der Waals surface area contributed by atoms with Gasteiger partial charge in [0.2, 0.25) is 0 Å². The van der Waals surface area contributed by atoms with E-state index in [0.717, 1.165) is 11.6 Å². The Balaban J connectivity index is 2.03. The normalized spacial score (nSPS) is 14.8. The number of halogens is 1. The molecule has 106 valence electrons. The van der Waals surface area contributed by atoms with Crippen LogP contribution in [0.15, 0.2) is 16.6 Å². The van der Waals surface area contributed by atoms with Gasteiger partial charge in [0.15, 0.2) is 0 Å². The molecule has 0 amide bonds. The molecule has 1 aromatic heterocycles. The summed E-state index contributed by atoms with van der Waals surface area (Å²) < 4.78 is 1.20. The smallest absolute Gasteiger partial charge is 0.123 e. The van der Waals surface area contributed by atoms with Gasteiger partial charge in [-0.1, -0.05) is 15.9 Å². The minimum atomic E-state index is 0.709. The summed E-state index contributed by atoms with van der Waals surface area (Å²) in [5.41, 5.74) is 5.13. The number of nitrogens with zero attached hydrogens (tertiary/aromatic N) is 1. The van der Waals surface area contributed by atoms with Crippen LogP contribution in [0.25, 0.3) is 10.6 Å². The predicted molar refractivity (Wildman–Crippen MR) is 89.5 cm³/mol. The van der Waals surface area contributed by atoms with Crippen molar-refractivity contribution in [2.24, 2.45) is 0 Å². The first-order chi connectivity index (χ1) is 9.60. The Morgan fingerprint density at radius 1 is 1.30 bits per heavy atom. The number of rotatable bonds is 4. The molecule has 2 nitrogen and oxygen atoms in total. The second-order valence-electron chi connectivity index (χ2n) is 5.56. The largest absolute Gasteiger partial charge is 0.315 e. The quantitative estimate of drug-likeness (QED) is 0.857. The van der Waals surface area contributed by atoms with Gasteiger partial charge in [-0.2, -0.15) is 0 Å². The Morgan fingerprint density at radius 2 is 1.95 bits per heavy atom. The molecule has 0 saturated heterocycles. The van der Waals surface area contributed by atoms with E-state index in [1.807, 2.05) is 18.4 Å². The number of benzene rings is 1. The molecule has 0 bridgehead atoms. The van der Waals surface area contributed by atoms with E-state index in [1.165, 1.54) is 44.6 Å². The molecule has 0 aliphatic heterocycles. The van der Waals surface area contributed by atoms with Gasteiger partial charge in [-0.25, -0.2) is 4.98 Å². The van der Waals surface area contributed by atoms with E-state index in [2.05, 4.69) is 47.2 Å². The highest BCUT2D eigenvalue weighted by atomic mass is 79.9. The molecular formula is C16H19BrN2S. The number of hydrogen-bond acceptors (Lipinski definition) is 3. The van der Waals surface area contributed by atoms with Gasteiger partial charge in [-0.05, 0) is 57.0 Å². The molecular weight excluding hydrogens is 332 g/mol. The van der Waals surface area contributed by atoms with Crippen LogP contribution >= 0.6 is 27.3 Å². The monoisotopic (exact) mass is 350 g/mol. The molecule has 4 heteroatoms. The van der Waals surface area contributed by atoms with Crippen molar-refractivity contribution in [1.29, 1.82) is 0 Å². The molecule has 1 aliphatic rings. The lowest BCUT2D eigenvalue weighted by atomic mass is 10.1. The summed E-state index contributed by atoms with van der Waals surface area (Å²) in [6.07, 6.45) is 2.61. The average molecular weight is 351 g/mol. The summed E-state index contributed by atoms with van der Waals surface area (Å²) in [5, 5.41) is 4.43. The van der Waals surface area contributed by atoms with E-state index in [9.17, 15) is 0 Å². The molecule has 0 atom stereocenters. The maximum absolute atomic E-state index is 4.94. The molecule has 1 saturated carbocycles. The van der Waals surface area contributed by atoms with E-state index in [-0.39, 0.29) is 0 Å². The van der Waals surface area contributed by atoms with Crippen LogP contribution in [0.4, 0.5) is 0 Å². The second kappa shape index (κ2) is 5.58. The molecule has 3 rings (SSSR count). The third-order valence-electron chi connectivity index (χ3n) is 3.71. The standard InChI is InChI=1S/C16H19BrN2S/c1-9-6-12(7-10(2)14(9)17)16-19-15(11-4-5-11)13(20-16)8-18-3/h6-7,11,18H,4-5,8H2,1-3H3. The number of thiazole rings is 1. The van der Waals surface area contributed by atoms with Crippen molar-refractivity contribution in [3.63, 3.8) is 0 Å². The average Bonchev–Trinajstić information content (AvgIpc) is 3.17. The summed E-state index contributed by atoms with van der Waals surface area (Å²) in [5.74, 6) is 0.709. The SMILES string of the molecule is CNCc1sc(-c2cc(C)c(Br)c(C)c2)nc1C1CC1. The minimum absolute atomic E-state index is 0.709. The van der Waals surface area contributed by atoms with Crippen LogP contribution in [-0.4, -0.2) is 12.0 Å². The van der Waals surface area contributed by atoms with Crippen LogP contribution in [0.5, 0.6) is 0 Å². The highest BCUT2D eigenvalue weighted by Gasteiger charge is 2.29.